The summed E-state index contributed by atoms with van der Waals surface area (Å²) in [6.45, 7) is 37.4. The van der Waals surface area contributed by atoms with Crippen molar-refractivity contribution in [1.82, 2.24) is 0 Å². The Morgan fingerprint density at radius 2 is 0.718 bits per heavy atom. The lowest BCUT2D eigenvalue weighted by atomic mass is 10.3. The summed E-state index contributed by atoms with van der Waals surface area (Å²) >= 11 is 0. The van der Waals surface area contributed by atoms with Gasteiger partial charge in [0.1, 0.15) is 26.2 Å². The Bertz CT molecular complexity index is 606. The van der Waals surface area contributed by atoms with Gasteiger partial charge in [-0.05, 0) is 52.0 Å². The van der Waals surface area contributed by atoms with Gasteiger partial charge in [-0.1, -0.05) is 26.3 Å². The maximum Gasteiger partial charge on any atom is 0.103 e. The molecule has 0 saturated heterocycles. The topological polar surface area (TPSA) is 117 Å². The summed E-state index contributed by atoms with van der Waals surface area (Å²) < 4.78 is 57.8. The lowest BCUT2D eigenvalue weighted by molar-refractivity contribution is -0.918. The quantitative estimate of drug-likeness (QED) is 0.0562. The van der Waals surface area contributed by atoms with E-state index in [-0.39, 0.29) is 0 Å². The summed E-state index contributed by atoms with van der Waals surface area (Å²) in [5, 5.41) is 0. The molecule has 0 bridgehead atoms. The molecule has 10 nitrogen and oxygen atoms in total. The summed E-state index contributed by atoms with van der Waals surface area (Å²) in [5.41, 5.74) is 0. The third-order valence-corrected chi connectivity index (χ3v) is 5.72. The maximum atomic E-state index is 8.52. The standard InChI is InChI=1S/2C14H28NO2.H2O4S/c2*1-5-9-15(10-6-2,11-13-16-7-3)12-14-17-8-4;1-5(2,3)4/h2*5-6H,1-2,7-14H2,3-4H3;(H2,1,2,3,4)/q2*+1;/p-2. The molecule has 0 aromatic heterocycles. The number of hydrogen-bond donors (Lipinski definition) is 0. The van der Waals surface area contributed by atoms with Crippen LogP contribution in [0, 0.1) is 0 Å². The van der Waals surface area contributed by atoms with Gasteiger partial charge in [0, 0.05) is 36.8 Å². The van der Waals surface area contributed by atoms with Crippen molar-refractivity contribution in [1.29, 1.82) is 0 Å². The molecule has 0 aromatic carbocycles. The van der Waals surface area contributed by atoms with Crippen LogP contribution in [-0.2, 0) is 29.3 Å². The molecule has 0 unspecified atom stereocenters. The van der Waals surface area contributed by atoms with Gasteiger partial charge in [-0.25, -0.2) is 0 Å². The SMILES string of the molecule is C=CC[N+](CC=C)(CCOCC)CCOCC.C=CC[N+](CC=C)(CCOCC)CCOCC.O=S(=O)([O-])[O-]. The molecule has 0 fully saturated rings. The van der Waals surface area contributed by atoms with Crippen molar-refractivity contribution in [3.63, 3.8) is 0 Å². The molecule has 0 aliphatic carbocycles. The van der Waals surface area contributed by atoms with Gasteiger partial charge in [0.25, 0.3) is 0 Å². The van der Waals surface area contributed by atoms with E-state index in [2.05, 4.69) is 26.3 Å². The highest BCUT2D eigenvalue weighted by molar-refractivity contribution is 7.79. The van der Waals surface area contributed by atoms with Gasteiger partial charge >= 0.3 is 0 Å². The molecule has 0 N–H and O–H groups in total. The van der Waals surface area contributed by atoms with Crippen molar-refractivity contribution in [2.24, 2.45) is 0 Å². The Morgan fingerprint density at radius 3 is 0.846 bits per heavy atom. The molecule has 39 heavy (non-hydrogen) atoms. The summed E-state index contributed by atoms with van der Waals surface area (Å²) in [6, 6.07) is 0. The summed E-state index contributed by atoms with van der Waals surface area (Å²) in [5.74, 6) is 0. The van der Waals surface area contributed by atoms with Crippen LogP contribution < -0.4 is 0 Å². The van der Waals surface area contributed by atoms with Crippen LogP contribution in [0.1, 0.15) is 27.7 Å². The minimum absolute atomic E-state index is 0.771. The Hall–Kier alpha value is -1.41. The average molecular weight is 581 g/mol. The van der Waals surface area contributed by atoms with Gasteiger partial charge in [-0.15, -0.1) is 0 Å². The molecule has 0 saturated carbocycles. The second kappa shape index (κ2) is 28.1. The van der Waals surface area contributed by atoms with E-state index in [0.717, 1.165) is 114 Å². The predicted molar refractivity (Wildman–Crippen MR) is 157 cm³/mol. The number of ether oxygens (including phenoxy) is 4. The molecule has 0 aliphatic heterocycles. The first-order chi connectivity index (χ1) is 18.5. The van der Waals surface area contributed by atoms with Crippen molar-refractivity contribution in [2.75, 3.05) is 105 Å². The van der Waals surface area contributed by atoms with Crippen molar-refractivity contribution in [3.8, 4) is 0 Å². The summed E-state index contributed by atoms with van der Waals surface area (Å²) in [6.07, 6.45) is 7.89. The monoisotopic (exact) mass is 580 g/mol. The van der Waals surface area contributed by atoms with Crippen LogP contribution in [0.2, 0.25) is 0 Å². The third kappa shape index (κ3) is 29.4. The zero-order valence-corrected chi connectivity index (χ0v) is 25.8. The summed E-state index contributed by atoms with van der Waals surface area (Å²) in [4.78, 5) is 0. The zero-order chi connectivity index (χ0) is 30.5. The second-order valence-corrected chi connectivity index (χ2v) is 9.48. The van der Waals surface area contributed by atoms with Gasteiger partial charge in [0.2, 0.25) is 0 Å². The fourth-order valence-electron chi connectivity index (χ4n) is 3.81. The Balaban J connectivity index is -0.000000566. The van der Waals surface area contributed by atoms with E-state index in [1.807, 2.05) is 52.0 Å². The molecule has 0 aliphatic rings. The smallest absolute Gasteiger partial charge is 0.103 e. The third-order valence-electron chi connectivity index (χ3n) is 5.72. The average Bonchev–Trinajstić information content (AvgIpc) is 2.85. The highest BCUT2D eigenvalue weighted by Gasteiger charge is 2.24. The lowest BCUT2D eigenvalue weighted by Gasteiger charge is -2.36. The first-order valence-corrected chi connectivity index (χ1v) is 14.9. The predicted octanol–water partition coefficient (Wildman–Crippen LogP) is 3.16. The number of nitrogens with zero attached hydrogens (tertiary/aromatic N) is 2. The van der Waals surface area contributed by atoms with E-state index in [9.17, 15) is 0 Å². The van der Waals surface area contributed by atoms with Crippen LogP contribution in [0.3, 0.4) is 0 Å². The normalized spacial score (nSPS) is 11.4. The Labute approximate surface area is 239 Å². The first-order valence-electron chi connectivity index (χ1n) is 13.6. The lowest BCUT2D eigenvalue weighted by Crippen LogP contribution is -2.52. The van der Waals surface area contributed by atoms with E-state index in [1.54, 1.807) is 0 Å². The zero-order valence-electron chi connectivity index (χ0n) is 25.0. The van der Waals surface area contributed by atoms with Crippen LogP contribution >= 0.6 is 0 Å². The molecule has 0 atom stereocenters. The molecular formula is C28H56N2O8S. The molecule has 11 heteroatoms. The van der Waals surface area contributed by atoms with Crippen molar-refractivity contribution in [2.45, 2.75) is 27.7 Å². The molecule has 0 spiro atoms. The minimum Gasteiger partial charge on any atom is -0.759 e. The molecule has 0 amide bonds. The second-order valence-electron chi connectivity index (χ2n) is 8.66. The summed E-state index contributed by atoms with van der Waals surface area (Å²) in [7, 11) is -5.17. The van der Waals surface area contributed by atoms with Crippen LogP contribution in [0.5, 0.6) is 0 Å². The number of hydrogen-bond acceptors (Lipinski definition) is 8. The van der Waals surface area contributed by atoms with E-state index in [1.165, 1.54) is 0 Å². The van der Waals surface area contributed by atoms with Crippen molar-refractivity contribution < 1.29 is 45.4 Å². The first kappa shape index (κ1) is 42.1. The molecule has 0 heterocycles. The number of quaternary nitrogens is 2. The van der Waals surface area contributed by atoms with Crippen LogP contribution in [0.25, 0.3) is 0 Å². The van der Waals surface area contributed by atoms with Gasteiger partial charge in [-0.3, -0.25) is 8.42 Å². The number of rotatable bonds is 24. The van der Waals surface area contributed by atoms with Crippen LogP contribution in [0.4, 0.5) is 0 Å². The van der Waals surface area contributed by atoms with E-state index in [0.29, 0.717) is 0 Å². The molecule has 0 radical (unpaired) electrons. The molecule has 232 valence electrons. The Morgan fingerprint density at radius 1 is 0.538 bits per heavy atom. The molecule has 0 aromatic rings. The van der Waals surface area contributed by atoms with Crippen molar-refractivity contribution >= 4 is 10.4 Å². The van der Waals surface area contributed by atoms with Gasteiger partial charge in [0.05, 0.1) is 52.6 Å². The maximum absolute atomic E-state index is 8.52. The van der Waals surface area contributed by atoms with Gasteiger partial charge in [0.15, 0.2) is 0 Å². The largest absolute Gasteiger partial charge is 0.759 e. The van der Waals surface area contributed by atoms with Crippen molar-refractivity contribution in [3.05, 3.63) is 50.6 Å². The molecular weight excluding hydrogens is 524 g/mol. The molecule has 0 rings (SSSR count). The van der Waals surface area contributed by atoms with Gasteiger partial charge in [-0.2, -0.15) is 0 Å². The Kier molecular flexibility index (Phi) is 30.3. The fourth-order valence-corrected chi connectivity index (χ4v) is 3.81. The van der Waals surface area contributed by atoms with Gasteiger partial charge < -0.3 is 37.0 Å². The van der Waals surface area contributed by atoms with E-state index in [4.69, 9.17) is 36.5 Å². The van der Waals surface area contributed by atoms with E-state index >= 15 is 0 Å². The fraction of sp³-hybridized carbons (Fsp3) is 0.714. The highest BCUT2D eigenvalue weighted by Crippen LogP contribution is 2.09. The van der Waals surface area contributed by atoms with Crippen LogP contribution in [-0.4, -0.2) is 132 Å². The van der Waals surface area contributed by atoms with E-state index < -0.39 is 10.4 Å². The highest BCUT2D eigenvalue weighted by atomic mass is 32.3. The van der Waals surface area contributed by atoms with Crippen LogP contribution in [0.15, 0.2) is 50.6 Å². The minimum atomic E-state index is -5.17.